The minimum atomic E-state index is -0.543. The summed E-state index contributed by atoms with van der Waals surface area (Å²) in [7, 11) is 0. The van der Waals surface area contributed by atoms with Crippen molar-refractivity contribution in [3.8, 4) is 6.07 Å². The van der Waals surface area contributed by atoms with Gasteiger partial charge in [0.15, 0.2) is 5.16 Å². The van der Waals surface area contributed by atoms with Crippen LogP contribution >= 0.6 is 34.7 Å². The molecule has 0 bridgehead atoms. The summed E-state index contributed by atoms with van der Waals surface area (Å²) in [5, 5.41) is 14.1. The van der Waals surface area contributed by atoms with Crippen LogP contribution in [-0.4, -0.2) is 20.7 Å². The van der Waals surface area contributed by atoms with Crippen molar-refractivity contribution in [2.45, 2.75) is 56.0 Å². The summed E-state index contributed by atoms with van der Waals surface area (Å²) in [6.45, 7) is 5.77. The number of fused-ring (bicyclic) bond motifs is 2. The van der Waals surface area contributed by atoms with Gasteiger partial charge in [0.2, 0.25) is 5.91 Å². The van der Waals surface area contributed by atoms with Crippen molar-refractivity contribution >= 4 is 56.5 Å². The molecule has 6 nitrogen and oxygen atoms in total. The van der Waals surface area contributed by atoms with Gasteiger partial charge in [-0.05, 0) is 56.4 Å². The fourth-order valence-electron chi connectivity index (χ4n) is 3.93. The molecular weight excluding hydrogens is 476 g/mol. The largest absolute Gasteiger partial charge is 0.316 e. The molecule has 1 aliphatic rings. The molecule has 2 heterocycles. The van der Waals surface area contributed by atoms with E-state index in [1.165, 1.54) is 32.5 Å². The number of nitrogens with zero attached hydrogens (tertiary/aromatic N) is 3. The van der Waals surface area contributed by atoms with E-state index < -0.39 is 5.25 Å². The van der Waals surface area contributed by atoms with Crippen molar-refractivity contribution in [1.29, 1.82) is 5.26 Å². The van der Waals surface area contributed by atoms with Crippen LogP contribution in [0.5, 0.6) is 0 Å². The third-order valence-corrected chi connectivity index (χ3v) is 8.15. The summed E-state index contributed by atoms with van der Waals surface area (Å²) in [5.41, 5.74) is 1.95. The van der Waals surface area contributed by atoms with Crippen LogP contribution < -0.4 is 10.9 Å². The van der Waals surface area contributed by atoms with Gasteiger partial charge in [-0.1, -0.05) is 35.9 Å². The molecule has 1 unspecified atom stereocenters. The van der Waals surface area contributed by atoms with Crippen molar-refractivity contribution in [2.75, 3.05) is 5.32 Å². The summed E-state index contributed by atoms with van der Waals surface area (Å²) in [5.74, 6) is -0.237. The average molecular weight is 499 g/mol. The van der Waals surface area contributed by atoms with E-state index in [0.29, 0.717) is 31.6 Å². The molecule has 33 heavy (non-hydrogen) atoms. The number of allylic oxidation sites excluding steroid dienone is 1. The van der Waals surface area contributed by atoms with Crippen LogP contribution in [-0.2, 0) is 24.2 Å². The summed E-state index contributed by atoms with van der Waals surface area (Å²) in [4.78, 5) is 31.9. The molecule has 4 rings (SSSR count). The number of halogens is 1. The maximum Gasteiger partial charge on any atom is 0.262 e. The van der Waals surface area contributed by atoms with E-state index in [9.17, 15) is 14.9 Å². The number of carbonyl (C=O) groups excluding carboxylic acids is 1. The normalized spacial score (nSPS) is 14.2. The SMILES string of the molecule is C=CCn1c(SC(C)C(=O)Nc2sc3c(c2C#N)CCCCC3)nc2cc(Cl)ccc2c1=O. The van der Waals surface area contributed by atoms with E-state index in [0.717, 1.165) is 37.7 Å². The second-order valence-corrected chi connectivity index (χ2v) is 10.7. The van der Waals surface area contributed by atoms with Crippen LogP contribution in [0.1, 0.15) is 42.2 Å². The molecule has 0 spiro atoms. The molecule has 9 heteroatoms. The number of nitriles is 1. The zero-order chi connectivity index (χ0) is 23.5. The van der Waals surface area contributed by atoms with E-state index in [2.05, 4.69) is 22.9 Å². The Balaban J connectivity index is 1.61. The number of aromatic nitrogens is 2. The van der Waals surface area contributed by atoms with Gasteiger partial charge in [0.25, 0.3) is 5.56 Å². The Morgan fingerprint density at radius 1 is 1.42 bits per heavy atom. The van der Waals surface area contributed by atoms with Crippen molar-refractivity contribution in [3.63, 3.8) is 0 Å². The van der Waals surface area contributed by atoms with Crippen LogP contribution in [0.15, 0.2) is 40.8 Å². The molecule has 1 N–H and O–H groups in total. The Hall–Kier alpha value is -2.60. The van der Waals surface area contributed by atoms with Crippen molar-refractivity contribution < 1.29 is 4.79 Å². The molecule has 0 fully saturated rings. The van der Waals surface area contributed by atoms with Crippen molar-refractivity contribution in [1.82, 2.24) is 9.55 Å². The van der Waals surface area contributed by atoms with Gasteiger partial charge in [0, 0.05) is 16.4 Å². The monoisotopic (exact) mass is 498 g/mol. The van der Waals surface area contributed by atoms with E-state index in [1.807, 2.05) is 0 Å². The Bertz CT molecular complexity index is 1340. The molecule has 0 aliphatic heterocycles. The zero-order valence-electron chi connectivity index (χ0n) is 18.2. The van der Waals surface area contributed by atoms with Crippen LogP contribution in [0.2, 0.25) is 5.02 Å². The summed E-state index contributed by atoms with van der Waals surface area (Å²) >= 11 is 8.79. The predicted molar refractivity (Wildman–Crippen MR) is 135 cm³/mol. The molecule has 0 saturated carbocycles. The predicted octanol–water partition coefficient (Wildman–Crippen LogP) is 5.56. The highest BCUT2D eigenvalue weighted by molar-refractivity contribution is 8.00. The molecular formula is C24H23ClN4O2S2. The average Bonchev–Trinajstić information content (AvgIpc) is 2.94. The third kappa shape index (κ3) is 4.86. The topological polar surface area (TPSA) is 87.8 Å². The highest BCUT2D eigenvalue weighted by Crippen LogP contribution is 2.37. The molecule has 0 radical (unpaired) electrons. The first-order valence-electron chi connectivity index (χ1n) is 10.8. The quantitative estimate of drug-likeness (QED) is 0.208. The van der Waals surface area contributed by atoms with E-state index in [1.54, 1.807) is 31.2 Å². The molecule has 1 amide bonds. The van der Waals surface area contributed by atoms with Crippen LogP contribution in [0.3, 0.4) is 0 Å². The number of hydrogen-bond acceptors (Lipinski definition) is 6. The lowest BCUT2D eigenvalue weighted by Gasteiger charge is -2.15. The van der Waals surface area contributed by atoms with E-state index in [4.69, 9.17) is 11.6 Å². The smallest absolute Gasteiger partial charge is 0.262 e. The van der Waals surface area contributed by atoms with Gasteiger partial charge in [-0.2, -0.15) is 5.26 Å². The maximum absolute atomic E-state index is 13.0. The Kier molecular flexibility index (Phi) is 7.23. The van der Waals surface area contributed by atoms with Gasteiger partial charge < -0.3 is 5.32 Å². The third-order valence-electron chi connectivity index (χ3n) is 5.62. The first-order chi connectivity index (χ1) is 15.9. The molecule has 170 valence electrons. The number of anilines is 1. The molecule has 3 aromatic rings. The minimum Gasteiger partial charge on any atom is -0.316 e. The Morgan fingerprint density at radius 2 is 2.21 bits per heavy atom. The molecule has 1 atom stereocenters. The Morgan fingerprint density at radius 3 is 2.97 bits per heavy atom. The number of thioether (sulfide) groups is 1. The van der Waals surface area contributed by atoms with Gasteiger partial charge in [0.05, 0.1) is 21.7 Å². The van der Waals surface area contributed by atoms with Crippen LogP contribution in [0.4, 0.5) is 5.00 Å². The number of carbonyl (C=O) groups is 1. The second-order valence-electron chi connectivity index (χ2n) is 7.89. The summed E-state index contributed by atoms with van der Waals surface area (Å²) in [6.07, 6.45) is 6.79. The second kappa shape index (κ2) is 10.1. The standard InChI is InChI=1S/C24H23ClN4O2S2/c1-3-11-29-23(31)17-10-9-15(25)12-19(17)27-24(29)32-14(2)21(30)28-22-18(13-26)16-7-5-4-6-8-20(16)33-22/h3,9-10,12,14H,1,4-8,11H2,2H3,(H,28,30). The summed E-state index contributed by atoms with van der Waals surface area (Å²) < 4.78 is 1.51. The lowest BCUT2D eigenvalue weighted by atomic mass is 10.1. The highest BCUT2D eigenvalue weighted by Gasteiger charge is 2.24. The number of nitrogens with one attached hydrogen (secondary N) is 1. The van der Waals surface area contributed by atoms with Gasteiger partial charge >= 0.3 is 0 Å². The summed E-state index contributed by atoms with van der Waals surface area (Å²) in [6, 6.07) is 7.24. The lowest BCUT2D eigenvalue weighted by molar-refractivity contribution is -0.115. The highest BCUT2D eigenvalue weighted by atomic mass is 35.5. The molecule has 1 aliphatic carbocycles. The number of thiophene rings is 1. The van der Waals surface area contributed by atoms with Crippen LogP contribution in [0, 0.1) is 11.3 Å². The minimum absolute atomic E-state index is 0.208. The molecule has 0 saturated heterocycles. The first kappa shape index (κ1) is 23.6. The van der Waals surface area contributed by atoms with Crippen molar-refractivity contribution in [2.24, 2.45) is 0 Å². The molecule has 2 aromatic heterocycles. The van der Waals surface area contributed by atoms with E-state index >= 15 is 0 Å². The number of benzene rings is 1. The van der Waals surface area contributed by atoms with Crippen molar-refractivity contribution in [3.05, 3.63) is 62.2 Å². The van der Waals surface area contributed by atoms with Crippen LogP contribution in [0.25, 0.3) is 10.9 Å². The van der Waals surface area contributed by atoms with Gasteiger partial charge in [-0.3, -0.25) is 14.2 Å². The first-order valence-corrected chi connectivity index (χ1v) is 12.8. The number of aryl methyl sites for hydroxylation is 1. The van der Waals surface area contributed by atoms with Gasteiger partial charge in [-0.15, -0.1) is 17.9 Å². The fraction of sp³-hybridized carbons (Fsp3) is 0.333. The van der Waals surface area contributed by atoms with Gasteiger partial charge in [-0.25, -0.2) is 4.98 Å². The van der Waals surface area contributed by atoms with Gasteiger partial charge in [0.1, 0.15) is 11.1 Å². The number of amides is 1. The maximum atomic E-state index is 13.0. The Labute approximate surface area is 205 Å². The fourth-order valence-corrected chi connectivity index (χ4v) is 6.25. The zero-order valence-corrected chi connectivity index (χ0v) is 20.6. The number of rotatable bonds is 6. The lowest BCUT2D eigenvalue weighted by Crippen LogP contribution is -2.26. The molecule has 1 aromatic carbocycles. The number of hydrogen-bond donors (Lipinski definition) is 1. The van der Waals surface area contributed by atoms with E-state index in [-0.39, 0.29) is 18.0 Å².